The summed E-state index contributed by atoms with van der Waals surface area (Å²) in [7, 11) is 0. The van der Waals surface area contributed by atoms with Crippen LogP contribution in [0.1, 0.15) is 56.5 Å². The van der Waals surface area contributed by atoms with E-state index in [1.54, 1.807) is 11.3 Å². The van der Waals surface area contributed by atoms with E-state index in [9.17, 15) is 9.90 Å². The zero-order valence-electron chi connectivity index (χ0n) is 13.9. The summed E-state index contributed by atoms with van der Waals surface area (Å²) < 4.78 is 0. The van der Waals surface area contributed by atoms with Gasteiger partial charge in [0.25, 0.3) is 0 Å². The number of urea groups is 1. The number of rotatable bonds is 6. The average Bonchev–Trinajstić information content (AvgIpc) is 2.98. The molecule has 1 aliphatic rings. The van der Waals surface area contributed by atoms with Crippen LogP contribution in [0.5, 0.6) is 0 Å². The first kappa shape index (κ1) is 17.3. The molecular formula is C17H28N2O2S. The van der Waals surface area contributed by atoms with E-state index in [1.807, 2.05) is 18.7 Å². The third-order valence-corrected chi connectivity index (χ3v) is 5.47. The molecule has 124 valence electrons. The fourth-order valence-corrected chi connectivity index (χ4v) is 3.95. The third kappa shape index (κ3) is 4.02. The molecular weight excluding hydrogens is 296 g/mol. The summed E-state index contributed by atoms with van der Waals surface area (Å²) in [5.41, 5.74) is 1.27. The molecule has 5 heteroatoms. The molecule has 0 saturated carbocycles. The van der Waals surface area contributed by atoms with Crippen LogP contribution >= 0.6 is 11.3 Å². The van der Waals surface area contributed by atoms with Crippen LogP contribution in [0.2, 0.25) is 0 Å². The molecule has 1 aromatic rings. The summed E-state index contributed by atoms with van der Waals surface area (Å²) in [6, 6.07) is 2.42. The first-order valence-electron chi connectivity index (χ1n) is 8.20. The van der Waals surface area contributed by atoms with Crippen molar-refractivity contribution in [2.24, 2.45) is 5.41 Å². The number of nitrogens with zero attached hydrogens (tertiary/aromatic N) is 1. The van der Waals surface area contributed by atoms with Gasteiger partial charge in [-0.2, -0.15) is 0 Å². The molecule has 0 spiro atoms. The van der Waals surface area contributed by atoms with E-state index in [2.05, 4.69) is 23.7 Å². The zero-order chi connectivity index (χ0) is 16.2. The van der Waals surface area contributed by atoms with E-state index in [0.29, 0.717) is 6.54 Å². The maximum Gasteiger partial charge on any atom is 0.317 e. The second-order valence-electron chi connectivity index (χ2n) is 6.82. The number of carbonyl (C=O) groups is 1. The molecule has 0 aliphatic carbocycles. The van der Waals surface area contributed by atoms with Crippen LogP contribution < -0.4 is 5.32 Å². The van der Waals surface area contributed by atoms with Crippen molar-refractivity contribution in [3.05, 3.63) is 21.9 Å². The lowest BCUT2D eigenvalue weighted by atomic mass is 9.89. The van der Waals surface area contributed by atoms with Gasteiger partial charge in [0.1, 0.15) is 0 Å². The fraction of sp³-hybridized carbons (Fsp3) is 0.706. The molecule has 2 heterocycles. The summed E-state index contributed by atoms with van der Waals surface area (Å²) in [5, 5.41) is 14.4. The number of amides is 2. The Morgan fingerprint density at radius 3 is 3.00 bits per heavy atom. The maximum absolute atomic E-state index is 12.5. The molecule has 2 amide bonds. The van der Waals surface area contributed by atoms with Gasteiger partial charge in [0.05, 0.1) is 6.04 Å². The van der Waals surface area contributed by atoms with Crippen molar-refractivity contribution in [3.63, 3.8) is 0 Å². The van der Waals surface area contributed by atoms with E-state index in [-0.39, 0.29) is 24.1 Å². The van der Waals surface area contributed by atoms with Crippen molar-refractivity contribution in [2.75, 3.05) is 19.7 Å². The van der Waals surface area contributed by atoms with Crippen LogP contribution in [0.25, 0.3) is 0 Å². The highest BCUT2D eigenvalue weighted by Crippen LogP contribution is 2.35. The van der Waals surface area contributed by atoms with Crippen molar-refractivity contribution < 1.29 is 9.90 Å². The third-order valence-electron chi connectivity index (χ3n) is 4.48. The quantitative estimate of drug-likeness (QED) is 0.786. The standard InChI is InChI=1S/C17H28N2O2S/c1-4-14-13-7-11-22-15(13)6-10-19(14)16(21)18-9-5-8-17(2,3)12-20/h7,11,14,20H,4-6,8-10,12H2,1-3H3,(H,18,21). The number of aliphatic hydroxyl groups excluding tert-OH is 1. The SMILES string of the molecule is CCC1c2ccsc2CCN1C(=O)NCCCC(C)(C)CO. The minimum atomic E-state index is -0.0621. The first-order valence-corrected chi connectivity index (χ1v) is 9.08. The Bertz CT molecular complexity index is 499. The zero-order valence-corrected chi connectivity index (χ0v) is 14.7. The second-order valence-corrected chi connectivity index (χ2v) is 7.83. The van der Waals surface area contributed by atoms with E-state index >= 15 is 0 Å². The molecule has 0 fully saturated rings. The molecule has 0 aromatic carbocycles. The summed E-state index contributed by atoms with van der Waals surface area (Å²) in [4.78, 5) is 15.9. The Labute approximate surface area is 137 Å². The Kier molecular flexibility index (Phi) is 5.87. The minimum absolute atomic E-state index is 0.0468. The normalized spacial score (nSPS) is 18.2. The van der Waals surface area contributed by atoms with Gasteiger partial charge in [-0.15, -0.1) is 11.3 Å². The Hall–Kier alpha value is -1.07. The van der Waals surface area contributed by atoms with Crippen LogP contribution in [-0.2, 0) is 6.42 Å². The largest absolute Gasteiger partial charge is 0.396 e. The maximum atomic E-state index is 12.5. The lowest BCUT2D eigenvalue weighted by Crippen LogP contribution is -2.45. The van der Waals surface area contributed by atoms with Crippen molar-refractivity contribution in [3.8, 4) is 0 Å². The molecule has 2 N–H and O–H groups in total. The predicted molar refractivity (Wildman–Crippen MR) is 91.3 cm³/mol. The smallest absolute Gasteiger partial charge is 0.317 e. The first-order chi connectivity index (χ1) is 10.5. The van der Waals surface area contributed by atoms with Gasteiger partial charge in [-0.3, -0.25) is 0 Å². The van der Waals surface area contributed by atoms with Crippen LogP contribution in [-0.4, -0.2) is 35.7 Å². The van der Waals surface area contributed by atoms with E-state index in [1.165, 1.54) is 10.4 Å². The fourth-order valence-electron chi connectivity index (χ4n) is 3.02. The van der Waals surface area contributed by atoms with Gasteiger partial charge in [0.2, 0.25) is 0 Å². The Morgan fingerprint density at radius 1 is 1.55 bits per heavy atom. The number of thiophene rings is 1. The Morgan fingerprint density at radius 2 is 2.32 bits per heavy atom. The van der Waals surface area contributed by atoms with Gasteiger partial charge in [-0.1, -0.05) is 20.8 Å². The molecule has 2 rings (SSSR count). The number of fused-ring (bicyclic) bond motifs is 1. The predicted octanol–water partition coefficient (Wildman–Crippen LogP) is 3.57. The summed E-state index contributed by atoms with van der Waals surface area (Å²) >= 11 is 1.80. The number of hydrogen-bond acceptors (Lipinski definition) is 3. The molecule has 0 bridgehead atoms. The topological polar surface area (TPSA) is 52.6 Å². The van der Waals surface area contributed by atoms with E-state index < -0.39 is 0 Å². The van der Waals surface area contributed by atoms with Gasteiger partial charge in [0.15, 0.2) is 0 Å². The van der Waals surface area contributed by atoms with Gasteiger partial charge in [-0.25, -0.2) is 4.79 Å². The lowest BCUT2D eigenvalue weighted by molar-refractivity contribution is 0.146. The summed E-state index contributed by atoms with van der Waals surface area (Å²) in [5.74, 6) is 0. The van der Waals surface area contributed by atoms with Crippen molar-refractivity contribution in [1.82, 2.24) is 10.2 Å². The number of hydrogen-bond donors (Lipinski definition) is 2. The van der Waals surface area contributed by atoms with Gasteiger partial charge < -0.3 is 15.3 Å². The van der Waals surface area contributed by atoms with Crippen LogP contribution in [0.15, 0.2) is 11.4 Å². The lowest BCUT2D eigenvalue weighted by Gasteiger charge is -2.35. The number of nitrogens with one attached hydrogen (secondary N) is 1. The highest BCUT2D eigenvalue weighted by molar-refractivity contribution is 7.10. The van der Waals surface area contributed by atoms with Crippen LogP contribution in [0, 0.1) is 5.41 Å². The second kappa shape index (κ2) is 7.47. The van der Waals surface area contributed by atoms with Crippen molar-refractivity contribution in [1.29, 1.82) is 0 Å². The summed E-state index contributed by atoms with van der Waals surface area (Å²) in [6.07, 6.45) is 3.73. The van der Waals surface area contributed by atoms with Gasteiger partial charge in [-0.05, 0) is 48.1 Å². The van der Waals surface area contributed by atoms with Crippen LogP contribution in [0.3, 0.4) is 0 Å². The van der Waals surface area contributed by atoms with E-state index in [0.717, 1.165) is 32.2 Å². The molecule has 0 saturated heterocycles. The molecule has 1 atom stereocenters. The van der Waals surface area contributed by atoms with Crippen LogP contribution in [0.4, 0.5) is 4.79 Å². The Balaban J connectivity index is 1.85. The van der Waals surface area contributed by atoms with Gasteiger partial charge >= 0.3 is 6.03 Å². The molecule has 0 radical (unpaired) electrons. The van der Waals surface area contributed by atoms with Crippen molar-refractivity contribution >= 4 is 17.4 Å². The van der Waals surface area contributed by atoms with E-state index in [4.69, 9.17) is 0 Å². The number of aliphatic hydroxyl groups is 1. The molecule has 1 aromatic heterocycles. The van der Waals surface area contributed by atoms with Gasteiger partial charge in [0, 0.05) is 24.6 Å². The number of carbonyl (C=O) groups excluding carboxylic acids is 1. The highest BCUT2D eigenvalue weighted by Gasteiger charge is 2.30. The monoisotopic (exact) mass is 324 g/mol. The van der Waals surface area contributed by atoms with Crippen molar-refractivity contribution in [2.45, 2.75) is 52.5 Å². The highest BCUT2D eigenvalue weighted by atomic mass is 32.1. The molecule has 1 unspecified atom stereocenters. The summed E-state index contributed by atoms with van der Waals surface area (Å²) in [6.45, 7) is 7.90. The molecule has 1 aliphatic heterocycles. The molecule has 4 nitrogen and oxygen atoms in total. The minimum Gasteiger partial charge on any atom is -0.396 e. The average molecular weight is 324 g/mol. The molecule has 22 heavy (non-hydrogen) atoms.